The Morgan fingerprint density at radius 2 is 2.45 bits per heavy atom. The zero-order chi connectivity index (χ0) is 14.2. The molecule has 1 rings (SSSR count). The van der Waals surface area contributed by atoms with Crippen LogP contribution < -0.4 is 0 Å². The molecule has 0 heterocycles. The SMILES string of the molecule is [2H]c1c([2H])c([2H])c(C(=O)OC([2H])([2H])[2H])c(Br)c1[2H]. The van der Waals surface area contributed by atoms with Crippen LogP contribution in [-0.2, 0) is 4.74 Å². The topological polar surface area (TPSA) is 26.3 Å². The second-order valence-corrected chi connectivity index (χ2v) is 2.37. The van der Waals surface area contributed by atoms with Crippen molar-refractivity contribution in [1.82, 2.24) is 0 Å². The van der Waals surface area contributed by atoms with Crippen LogP contribution in [-0.4, -0.2) is 13.0 Å². The number of halogens is 1. The third kappa shape index (κ3) is 1.80. The molecule has 1 aromatic rings. The van der Waals surface area contributed by atoms with Crippen molar-refractivity contribution in [2.45, 2.75) is 0 Å². The van der Waals surface area contributed by atoms with Gasteiger partial charge in [0.1, 0.15) is 0 Å². The van der Waals surface area contributed by atoms with Crippen molar-refractivity contribution in [1.29, 1.82) is 0 Å². The Labute approximate surface area is 83.1 Å². The number of benzene rings is 1. The fourth-order valence-corrected chi connectivity index (χ4v) is 0.849. The molecule has 3 heteroatoms. The lowest BCUT2D eigenvalue weighted by Crippen LogP contribution is -2.01. The first-order valence-corrected chi connectivity index (χ1v) is 3.34. The second kappa shape index (κ2) is 3.53. The molecule has 0 saturated carbocycles. The quantitative estimate of drug-likeness (QED) is 0.681. The number of hydrogen-bond donors (Lipinski definition) is 0. The van der Waals surface area contributed by atoms with Crippen molar-refractivity contribution in [3.63, 3.8) is 0 Å². The summed E-state index contributed by atoms with van der Waals surface area (Å²) in [6, 6.07) is -2.30. The fraction of sp³-hybridized carbons (Fsp3) is 0.125. The lowest BCUT2D eigenvalue weighted by atomic mass is 10.2. The maximum Gasteiger partial charge on any atom is 0.338 e. The van der Waals surface area contributed by atoms with Gasteiger partial charge in [-0.2, -0.15) is 0 Å². The summed E-state index contributed by atoms with van der Waals surface area (Å²) in [5.74, 6) is -1.34. The summed E-state index contributed by atoms with van der Waals surface area (Å²) in [7, 11) is -2.98. The Morgan fingerprint density at radius 3 is 3.18 bits per heavy atom. The molecule has 0 aliphatic rings. The van der Waals surface area contributed by atoms with Crippen molar-refractivity contribution in [3.8, 4) is 0 Å². The molecule has 0 saturated heterocycles. The number of rotatable bonds is 1. The molecule has 0 unspecified atom stereocenters. The van der Waals surface area contributed by atoms with Gasteiger partial charge >= 0.3 is 5.97 Å². The van der Waals surface area contributed by atoms with Crippen LogP contribution in [0.1, 0.15) is 20.0 Å². The number of carbonyl (C=O) groups excluding carboxylic acids is 1. The first-order chi connectivity index (χ1) is 8.06. The Bertz CT molecular complexity index is 482. The predicted octanol–water partition coefficient (Wildman–Crippen LogP) is 2.24. The zero-order valence-electron chi connectivity index (χ0n) is 12.2. The van der Waals surface area contributed by atoms with Crippen LogP contribution in [0.2, 0.25) is 0 Å². The molecule has 0 atom stereocenters. The Hall–Kier alpha value is -0.830. The van der Waals surface area contributed by atoms with E-state index in [1.807, 2.05) is 0 Å². The molecule has 0 radical (unpaired) electrons. The maximum atomic E-state index is 11.6. The Kier molecular flexibility index (Phi) is 0.931. The Morgan fingerprint density at radius 1 is 1.73 bits per heavy atom. The van der Waals surface area contributed by atoms with Gasteiger partial charge in [-0.25, -0.2) is 4.79 Å². The van der Waals surface area contributed by atoms with Gasteiger partial charge in [0.25, 0.3) is 0 Å². The molecule has 0 aliphatic heterocycles. The van der Waals surface area contributed by atoms with Gasteiger partial charge in [-0.3, -0.25) is 0 Å². The summed E-state index contributed by atoms with van der Waals surface area (Å²) in [5.41, 5.74) is -0.544. The number of ether oxygens (including phenoxy) is 1. The van der Waals surface area contributed by atoms with Crippen molar-refractivity contribution in [2.24, 2.45) is 0 Å². The van der Waals surface area contributed by atoms with Crippen LogP contribution in [0.15, 0.2) is 28.6 Å². The third-order valence-corrected chi connectivity index (χ3v) is 1.53. The van der Waals surface area contributed by atoms with E-state index in [4.69, 9.17) is 9.60 Å². The van der Waals surface area contributed by atoms with Crippen molar-refractivity contribution < 1.29 is 19.1 Å². The van der Waals surface area contributed by atoms with Crippen LogP contribution in [0.3, 0.4) is 0 Å². The van der Waals surface area contributed by atoms with E-state index >= 15 is 0 Å². The normalized spacial score (nSPS) is 19.5. The molecular formula is C8H7BrO2. The standard InChI is InChI=1S/C8H7BrO2/c1-11-8(10)6-4-2-3-5-7(6)9/h2-5H,1H3/i1D3,2D,3D,4D,5D. The number of esters is 1. The van der Waals surface area contributed by atoms with E-state index in [1.54, 1.807) is 0 Å². The minimum Gasteiger partial charge on any atom is -0.465 e. The third-order valence-electron chi connectivity index (χ3n) is 0.939. The summed E-state index contributed by atoms with van der Waals surface area (Å²) in [5, 5.41) is 0. The molecule has 1 aromatic carbocycles. The van der Waals surface area contributed by atoms with Gasteiger partial charge in [0.05, 0.1) is 22.2 Å². The van der Waals surface area contributed by atoms with E-state index in [0.29, 0.717) is 0 Å². The van der Waals surface area contributed by atoms with Crippen LogP contribution >= 0.6 is 15.9 Å². The summed E-state index contributed by atoms with van der Waals surface area (Å²) < 4.78 is 53.9. The monoisotopic (exact) mass is 221 g/mol. The average molecular weight is 222 g/mol. The molecule has 0 bridgehead atoms. The lowest BCUT2D eigenvalue weighted by molar-refractivity contribution is 0.0599. The number of hydrogen-bond acceptors (Lipinski definition) is 2. The molecular weight excluding hydrogens is 208 g/mol. The van der Waals surface area contributed by atoms with E-state index in [-0.39, 0.29) is 4.47 Å². The minimum atomic E-state index is -2.98. The molecule has 0 aliphatic carbocycles. The molecule has 11 heavy (non-hydrogen) atoms. The highest BCUT2D eigenvalue weighted by Gasteiger charge is 2.07. The van der Waals surface area contributed by atoms with E-state index in [1.165, 1.54) is 0 Å². The molecule has 0 N–H and O–H groups in total. The van der Waals surface area contributed by atoms with Crippen molar-refractivity contribution >= 4 is 21.9 Å². The van der Waals surface area contributed by atoms with Crippen LogP contribution in [0, 0.1) is 0 Å². The highest BCUT2D eigenvalue weighted by atomic mass is 79.9. The van der Waals surface area contributed by atoms with Crippen LogP contribution in [0.5, 0.6) is 0 Å². The van der Waals surface area contributed by atoms with E-state index in [2.05, 4.69) is 20.7 Å². The first kappa shape index (κ1) is 2.90. The summed E-state index contributed by atoms with van der Waals surface area (Å²) >= 11 is 2.83. The molecule has 2 nitrogen and oxygen atoms in total. The van der Waals surface area contributed by atoms with Gasteiger partial charge in [-0.05, 0) is 28.0 Å². The summed E-state index contributed by atoms with van der Waals surface area (Å²) in [6.45, 7) is 0. The van der Waals surface area contributed by atoms with Crippen molar-refractivity contribution in [2.75, 3.05) is 7.04 Å². The van der Waals surface area contributed by atoms with E-state index < -0.39 is 42.7 Å². The molecule has 0 spiro atoms. The number of methoxy groups -OCH3 is 1. The second-order valence-electron chi connectivity index (χ2n) is 1.58. The summed E-state index contributed by atoms with van der Waals surface area (Å²) in [6.07, 6.45) is 0. The van der Waals surface area contributed by atoms with E-state index in [9.17, 15) is 4.79 Å². The van der Waals surface area contributed by atoms with Crippen LogP contribution in [0.25, 0.3) is 0 Å². The largest absolute Gasteiger partial charge is 0.465 e. The molecule has 58 valence electrons. The average Bonchev–Trinajstić information content (AvgIpc) is 2.21. The first-order valence-electron chi connectivity index (χ1n) is 6.05. The van der Waals surface area contributed by atoms with Crippen molar-refractivity contribution in [3.05, 3.63) is 34.2 Å². The maximum absolute atomic E-state index is 11.6. The van der Waals surface area contributed by atoms with Crippen LogP contribution in [0.4, 0.5) is 0 Å². The lowest BCUT2D eigenvalue weighted by Gasteiger charge is -1.99. The van der Waals surface area contributed by atoms with Gasteiger partial charge in [0.2, 0.25) is 0 Å². The molecule has 0 fully saturated rings. The highest BCUT2D eigenvalue weighted by Crippen LogP contribution is 2.16. The smallest absolute Gasteiger partial charge is 0.338 e. The highest BCUT2D eigenvalue weighted by molar-refractivity contribution is 9.10. The van der Waals surface area contributed by atoms with E-state index in [0.717, 1.165) is 0 Å². The van der Waals surface area contributed by atoms with Gasteiger partial charge in [0.15, 0.2) is 0 Å². The predicted molar refractivity (Wildman–Crippen MR) is 45.5 cm³/mol. The summed E-state index contributed by atoms with van der Waals surface area (Å²) in [4.78, 5) is 11.6. The van der Waals surface area contributed by atoms with Gasteiger partial charge in [-0.15, -0.1) is 0 Å². The fourth-order valence-electron chi connectivity index (χ4n) is 0.489. The molecule has 0 aromatic heterocycles. The zero-order valence-corrected chi connectivity index (χ0v) is 6.78. The van der Waals surface area contributed by atoms with Gasteiger partial charge < -0.3 is 4.74 Å². The molecule has 0 amide bonds. The van der Waals surface area contributed by atoms with Gasteiger partial charge in [0, 0.05) is 4.47 Å². The Balaban J connectivity index is 3.38. The minimum absolute atomic E-state index is 0.234. The van der Waals surface area contributed by atoms with Gasteiger partial charge in [-0.1, -0.05) is 12.1 Å². The number of carbonyl (C=O) groups is 1.